The maximum atomic E-state index is 11.4. The Morgan fingerprint density at radius 3 is 2.65 bits per heavy atom. The maximum Gasteiger partial charge on any atom is 0.175 e. The van der Waals surface area contributed by atoms with E-state index in [2.05, 4.69) is 19.2 Å². The average molecular weight is 299 g/mol. The van der Waals surface area contributed by atoms with Gasteiger partial charge in [-0.25, -0.2) is 8.42 Å². The first kappa shape index (κ1) is 17.0. The highest BCUT2D eigenvalue weighted by Crippen LogP contribution is 2.17. The van der Waals surface area contributed by atoms with Crippen molar-refractivity contribution in [3.8, 4) is 5.75 Å². The van der Waals surface area contributed by atoms with Crippen LogP contribution in [0.15, 0.2) is 29.2 Å². The van der Waals surface area contributed by atoms with Crippen LogP contribution in [0.3, 0.4) is 0 Å². The minimum Gasteiger partial charge on any atom is -0.492 e. The van der Waals surface area contributed by atoms with Crippen LogP contribution < -0.4 is 10.1 Å². The zero-order chi connectivity index (χ0) is 15.0. The van der Waals surface area contributed by atoms with Crippen LogP contribution in [0.5, 0.6) is 5.75 Å². The molecule has 0 aliphatic rings. The second-order valence-corrected chi connectivity index (χ2v) is 7.40. The van der Waals surface area contributed by atoms with Crippen molar-refractivity contribution >= 4 is 9.84 Å². The summed E-state index contributed by atoms with van der Waals surface area (Å²) in [6.45, 7) is 6.73. The van der Waals surface area contributed by atoms with E-state index in [1.807, 2.05) is 0 Å². The number of sulfone groups is 1. The van der Waals surface area contributed by atoms with E-state index in [1.54, 1.807) is 24.3 Å². The molecule has 0 atom stereocenters. The normalized spacial score (nSPS) is 11.8. The molecule has 114 valence electrons. The summed E-state index contributed by atoms with van der Waals surface area (Å²) >= 11 is 0. The van der Waals surface area contributed by atoms with Crippen LogP contribution in [0.25, 0.3) is 0 Å². The molecule has 0 amide bonds. The molecule has 0 aromatic heterocycles. The Bertz CT molecular complexity index is 498. The summed E-state index contributed by atoms with van der Waals surface area (Å²) in [6.07, 6.45) is 3.59. The molecule has 0 saturated carbocycles. The van der Waals surface area contributed by atoms with Crippen LogP contribution in [-0.4, -0.2) is 34.4 Å². The monoisotopic (exact) mass is 299 g/mol. The summed E-state index contributed by atoms with van der Waals surface area (Å²) in [6, 6.07) is 6.61. The van der Waals surface area contributed by atoms with Gasteiger partial charge in [-0.15, -0.1) is 0 Å². The maximum absolute atomic E-state index is 11.4. The van der Waals surface area contributed by atoms with E-state index in [4.69, 9.17) is 4.74 Å². The van der Waals surface area contributed by atoms with E-state index < -0.39 is 9.84 Å². The molecule has 4 nitrogen and oxygen atoms in total. The smallest absolute Gasteiger partial charge is 0.175 e. The molecule has 0 spiro atoms. The van der Waals surface area contributed by atoms with Crippen molar-refractivity contribution in [3.05, 3.63) is 24.3 Å². The van der Waals surface area contributed by atoms with Gasteiger partial charge in [-0.1, -0.05) is 19.9 Å². The zero-order valence-electron chi connectivity index (χ0n) is 12.6. The van der Waals surface area contributed by atoms with Gasteiger partial charge in [-0.2, -0.15) is 0 Å². The van der Waals surface area contributed by atoms with Crippen LogP contribution >= 0.6 is 0 Å². The van der Waals surface area contributed by atoms with Crippen molar-refractivity contribution < 1.29 is 13.2 Å². The lowest BCUT2D eigenvalue weighted by Gasteiger charge is -2.09. The lowest BCUT2D eigenvalue weighted by Crippen LogP contribution is -2.22. The SMILES string of the molecule is CC(C)CCCNCCOc1cccc(S(C)(=O)=O)c1. The van der Waals surface area contributed by atoms with E-state index in [9.17, 15) is 8.42 Å². The lowest BCUT2D eigenvalue weighted by atomic mass is 10.1. The number of rotatable bonds is 9. The van der Waals surface area contributed by atoms with Gasteiger partial charge in [-0.3, -0.25) is 0 Å². The molecule has 1 rings (SSSR count). The van der Waals surface area contributed by atoms with E-state index in [1.165, 1.54) is 19.1 Å². The number of hydrogen-bond acceptors (Lipinski definition) is 4. The van der Waals surface area contributed by atoms with Gasteiger partial charge < -0.3 is 10.1 Å². The molecule has 0 bridgehead atoms. The summed E-state index contributed by atoms with van der Waals surface area (Å²) in [5, 5.41) is 3.31. The predicted octanol–water partition coefficient (Wildman–Crippen LogP) is 2.49. The summed E-state index contributed by atoms with van der Waals surface area (Å²) in [5.74, 6) is 1.34. The van der Waals surface area contributed by atoms with Gasteiger partial charge in [-0.05, 0) is 43.5 Å². The third-order valence-corrected chi connectivity index (χ3v) is 4.03. The van der Waals surface area contributed by atoms with Crippen LogP contribution in [-0.2, 0) is 9.84 Å². The lowest BCUT2D eigenvalue weighted by molar-refractivity contribution is 0.312. The third-order valence-electron chi connectivity index (χ3n) is 2.92. The Hall–Kier alpha value is -1.07. The fraction of sp³-hybridized carbons (Fsp3) is 0.600. The molecule has 1 aromatic rings. The molecule has 5 heteroatoms. The van der Waals surface area contributed by atoms with Gasteiger partial charge in [0.1, 0.15) is 12.4 Å². The van der Waals surface area contributed by atoms with Crippen molar-refractivity contribution in [2.45, 2.75) is 31.6 Å². The molecule has 0 radical (unpaired) electrons. The molecule has 0 unspecified atom stereocenters. The summed E-state index contributed by atoms with van der Waals surface area (Å²) < 4.78 is 28.4. The fourth-order valence-corrected chi connectivity index (χ4v) is 2.45. The number of hydrogen-bond donors (Lipinski definition) is 1. The van der Waals surface area contributed by atoms with Crippen molar-refractivity contribution in [1.29, 1.82) is 0 Å². The summed E-state index contributed by atoms with van der Waals surface area (Å²) in [4.78, 5) is 0.292. The molecule has 20 heavy (non-hydrogen) atoms. The van der Waals surface area contributed by atoms with Crippen LogP contribution in [0.4, 0.5) is 0 Å². The largest absolute Gasteiger partial charge is 0.492 e. The first-order valence-electron chi connectivity index (χ1n) is 7.03. The van der Waals surface area contributed by atoms with E-state index in [-0.39, 0.29) is 0 Å². The highest BCUT2D eigenvalue weighted by Gasteiger charge is 2.07. The first-order chi connectivity index (χ1) is 9.39. The van der Waals surface area contributed by atoms with E-state index in [0.717, 1.165) is 19.0 Å². The van der Waals surface area contributed by atoms with E-state index in [0.29, 0.717) is 17.3 Å². The molecule has 1 aromatic carbocycles. The van der Waals surface area contributed by atoms with Crippen molar-refractivity contribution in [1.82, 2.24) is 5.32 Å². The van der Waals surface area contributed by atoms with Gasteiger partial charge in [0.25, 0.3) is 0 Å². The number of benzene rings is 1. The zero-order valence-corrected chi connectivity index (χ0v) is 13.4. The summed E-state index contributed by atoms with van der Waals surface area (Å²) in [7, 11) is -3.17. The van der Waals surface area contributed by atoms with Gasteiger partial charge in [0, 0.05) is 12.8 Å². The van der Waals surface area contributed by atoms with Gasteiger partial charge in [0.05, 0.1) is 4.90 Å². The Morgan fingerprint density at radius 1 is 1.25 bits per heavy atom. The quantitative estimate of drug-likeness (QED) is 0.712. The fourth-order valence-electron chi connectivity index (χ4n) is 1.80. The molecule has 0 aliphatic heterocycles. The topological polar surface area (TPSA) is 55.4 Å². The van der Waals surface area contributed by atoms with Crippen molar-refractivity contribution in [3.63, 3.8) is 0 Å². The molecule has 0 aliphatic carbocycles. The van der Waals surface area contributed by atoms with Gasteiger partial charge >= 0.3 is 0 Å². The standard InChI is InChI=1S/C15H25NO3S/c1-13(2)6-5-9-16-10-11-19-14-7-4-8-15(12-14)20(3,17)18/h4,7-8,12-13,16H,5-6,9-11H2,1-3H3. The molecule has 0 saturated heterocycles. The highest BCUT2D eigenvalue weighted by atomic mass is 32.2. The van der Waals surface area contributed by atoms with Gasteiger partial charge in [0.2, 0.25) is 0 Å². The molecule has 0 heterocycles. The van der Waals surface area contributed by atoms with Crippen molar-refractivity contribution in [2.24, 2.45) is 5.92 Å². The van der Waals surface area contributed by atoms with E-state index >= 15 is 0 Å². The molecular weight excluding hydrogens is 274 g/mol. The average Bonchev–Trinajstić information content (AvgIpc) is 2.36. The van der Waals surface area contributed by atoms with Gasteiger partial charge in [0.15, 0.2) is 9.84 Å². The second-order valence-electron chi connectivity index (χ2n) is 5.38. The number of ether oxygens (including phenoxy) is 1. The minimum atomic E-state index is -3.17. The van der Waals surface area contributed by atoms with Crippen molar-refractivity contribution in [2.75, 3.05) is 26.0 Å². The molecule has 0 fully saturated rings. The Kier molecular flexibility index (Phi) is 7.02. The minimum absolute atomic E-state index is 0.292. The highest BCUT2D eigenvalue weighted by molar-refractivity contribution is 7.90. The first-order valence-corrected chi connectivity index (χ1v) is 8.92. The van der Waals surface area contributed by atoms with Crippen LogP contribution in [0, 0.1) is 5.92 Å². The Balaban J connectivity index is 2.26. The molecular formula is C15H25NO3S. The summed E-state index contributed by atoms with van der Waals surface area (Å²) in [5.41, 5.74) is 0. The van der Waals surface area contributed by atoms with Crippen LogP contribution in [0.2, 0.25) is 0 Å². The number of nitrogens with one attached hydrogen (secondary N) is 1. The Labute approximate surface area is 122 Å². The van der Waals surface area contributed by atoms with Crippen LogP contribution in [0.1, 0.15) is 26.7 Å². The Morgan fingerprint density at radius 2 is 2.00 bits per heavy atom. The third kappa shape index (κ3) is 6.91. The molecule has 1 N–H and O–H groups in total. The second kappa shape index (κ2) is 8.27. The predicted molar refractivity (Wildman–Crippen MR) is 82.0 cm³/mol.